The van der Waals surface area contributed by atoms with Crippen LogP contribution in [-0.2, 0) is 4.74 Å². The van der Waals surface area contributed by atoms with Gasteiger partial charge < -0.3 is 19.3 Å². The number of hydrogen-bond donors (Lipinski definition) is 1. The molecule has 1 aliphatic rings. The van der Waals surface area contributed by atoms with Crippen molar-refractivity contribution >= 4 is 0 Å². The summed E-state index contributed by atoms with van der Waals surface area (Å²) >= 11 is 0. The maximum absolute atomic E-state index is 9.19. The van der Waals surface area contributed by atoms with E-state index in [0.29, 0.717) is 25.9 Å². The quantitative estimate of drug-likeness (QED) is 0.827. The third kappa shape index (κ3) is 4.59. The maximum Gasteiger partial charge on any atom is 0.161 e. The minimum absolute atomic E-state index is 0.0667. The van der Waals surface area contributed by atoms with Crippen molar-refractivity contribution in [2.45, 2.75) is 26.0 Å². The average molecular weight is 295 g/mol. The largest absolute Gasteiger partial charge is 0.490 e. The van der Waals surface area contributed by atoms with Crippen molar-refractivity contribution in [3.05, 3.63) is 24.3 Å². The molecule has 118 valence electrons. The summed E-state index contributed by atoms with van der Waals surface area (Å²) in [5.74, 6) is 1.56. The van der Waals surface area contributed by atoms with Gasteiger partial charge in [-0.3, -0.25) is 4.90 Å². The summed E-state index contributed by atoms with van der Waals surface area (Å²) in [6, 6.07) is 8.06. The van der Waals surface area contributed by atoms with Gasteiger partial charge in [-0.2, -0.15) is 0 Å². The minimum Gasteiger partial charge on any atom is -0.490 e. The second-order valence-corrected chi connectivity index (χ2v) is 5.21. The van der Waals surface area contributed by atoms with E-state index in [0.717, 1.165) is 24.6 Å². The van der Waals surface area contributed by atoms with Gasteiger partial charge >= 0.3 is 0 Å². The van der Waals surface area contributed by atoms with E-state index in [1.165, 1.54) is 0 Å². The smallest absolute Gasteiger partial charge is 0.161 e. The number of aliphatic hydroxyl groups is 1. The lowest BCUT2D eigenvalue weighted by atomic mass is 10.2. The third-order valence-electron chi connectivity index (χ3n) is 3.62. The molecular weight excluding hydrogens is 270 g/mol. The molecule has 2 unspecified atom stereocenters. The van der Waals surface area contributed by atoms with E-state index in [1.807, 2.05) is 31.2 Å². The normalized spacial score (nSPS) is 23.0. The number of rotatable bonds is 7. The molecule has 0 spiro atoms. The molecule has 0 amide bonds. The van der Waals surface area contributed by atoms with Gasteiger partial charge in [0.2, 0.25) is 0 Å². The Balaban J connectivity index is 1.83. The van der Waals surface area contributed by atoms with Crippen LogP contribution in [0.2, 0.25) is 0 Å². The Morgan fingerprint density at radius 3 is 2.67 bits per heavy atom. The summed E-state index contributed by atoms with van der Waals surface area (Å²) in [7, 11) is 0. The van der Waals surface area contributed by atoms with Gasteiger partial charge in [-0.15, -0.1) is 0 Å². The molecule has 0 aliphatic carbocycles. The molecule has 2 atom stereocenters. The zero-order valence-electron chi connectivity index (χ0n) is 12.8. The van der Waals surface area contributed by atoms with E-state index in [-0.39, 0.29) is 12.7 Å². The number of nitrogens with zero attached hydrogens (tertiary/aromatic N) is 1. The highest BCUT2D eigenvalue weighted by Gasteiger charge is 2.25. The van der Waals surface area contributed by atoms with Gasteiger partial charge in [-0.05, 0) is 26.0 Å². The first-order valence-corrected chi connectivity index (χ1v) is 7.55. The average Bonchev–Trinajstić information content (AvgIpc) is 2.51. The number of ether oxygens (including phenoxy) is 3. The predicted molar refractivity (Wildman–Crippen MR) is 81.0 cm³/mol. The fourth-order valence-corrected chi connectivity index (χ4v) is 2.41. The number of aliphatic hydroxyl groups excluding tert-OH is 1. The van der Waals surface area contributed by atoms with Crippen LogP contribution >= 0.6 is 0 Å². The lowest BCUT2D eigenvalue weighted by Crippen LogP contribution is -2.50. The molecule has 5 nitrogen and oxygen atoms in total. The van der Waals surface area contributed by atoms with E-state index in [9.17, 15) is 5.11 Å². The molecule has 5 heteroatoms. The Morgan fingerprint density at radius 1 is 1.29 bits per heavy atom. The van der Waals surface area contributed by atoms with Crippen molar-refractivity contribution in [2.24, 2.45) is 0 Å². The van der Waals surface area contributed by atoms with Crippen molar-refractivity contribution in [1.29, 1.82) is 0 Å². The molecule has 0 bridgehead atoms. The summed E-state index contributed by atoms with van der Waals surface area (Å²) in [5, 5.41) is 9.19. The monoisotopic (exact) mass is 295 g/mol. The zero-order chi connectivity index (χ0) is 15.1. The fraction of sp³-hybridized carbons (Fsp3) is 0.625. The highest BCUT2D eigenvalue weighted by Crippen LogP contribution is 2.26. The fourth-order valence-electron chi connectivity index (χ4n) is 2.41. The van der Waals surface area contributed by atoms with E-state index in [1.54, 1.807) is 0 Å². The summed E-state index contributed by atoms with van der Waals surface area (Å²) in [6.07, 6.45) is -0.0862. The highest BCUT2D eigenvalue weighted by atomic mass is 16.5. The van der Waals surface area contributed by atoms with E-state index in [4.69, 9.17) is 14.2 Å². The molecule has 0 aromatic heterocycles. The van der Waals surface area contributed by atoms with Crippen LogP contribution in [0.1, 0.15) is 13.8 Å². The van der Waals surface area contributed by atoms with Crippen LogP contribution in [0.3, 0.4) is 0 Å². The molecule has 1 aliphatic heterocycles. The van der Waals surface area contributed by atoms with Gasteiger partial charge in [-0.25, -0.2) is 0 Å². The van der Waals surface area contributed by atoms with Gasteiger partial charge in [0.15, 0.2) is 11.5 Å². The molecule has 1 aromatic carbocycles. The lowest BCUT2D eigenvalue weighted by molar-refractivity contribution is -0.0798. The Morgan fingerprint density at radius 2 is 2.00 bits per heavy atom. The molecule has 1 saturated heterocycles. The van der Waals surface area contributed by atoms with Crippen LogP contribution in [0.4, 0.5) is 0 Å². The molecule has 0 radical (unpaired) electrons. The van der Waals surface area contributed by atoms with Crippen LogP contribution in [-0.4, -0.2) is 61.7 Å². The predicted octanol–water partition coefficient (Wildman–Crippen LogP) is 1.55. The molecule has 21 heavy (non-hydrogen) atoms. The first-order valence-electron chi connectivity index (χ1n) is 7.55. The van der Waals surface area contributed by atoms with E-state index in [2.05, 4.69) is 11.8 Å². The van der Waals surface area contributed by atoms with Crippen LogP contribution in [0.15, 0.2) is 24.3 Å². The Hall–Kier alpha value is -1.30. The van der Waals surface area contributed by atoms with Crippen molar-refractivity contribution in [2.75, 3.05) is 39.5 Å². The maximum atomic E-state index is 9.19. The first-order chi connectivity index (χ1) is 10.2. The van der Waals surface area contributed by atoms with Gasteiger partial charge in [0.05, 0.1) is 25.9 Å². The molecule has 1 heterocycles. The SMILES string of the molecule is CCOc1ccccc1OCCN1CC(CO)OCC1C. The molecular formula is C16H25NO4. The van der Waals surface area contributed by atoms with E-state index >= 15 is 0 Å². The Bertz CT molecular complexity index is 426. The van der Waals surface area contributed by atoms with Gasteiger partial charge in [0.1, 0.15) is 6.61 Å². The molecule has 1 N–H and O–H groups in total. The first kappa shape index (κ1) is 16.1. The number of benzene rings is 1. The van der Waals surface area contributed by atoms with Gasteiger partial charge in [0.25, 0.3) is 0 Å². The standard InChI is InChI=1S/C16H25NO4/c1-3-19-15-6-4-5-7-16(15)20-9-8-17-10-14(11-18)21-12-13(17)2/h4-7,13-14,18H,3,8-12H2,1-2H3. The summed E-state index contributed by atoms with van der Waals surface area (Å²) in [6.45, 7) is 7.57. The van der Waals surface area contributed by atoms with Crippen molar-refractivity contribution in [1.82, 2.24) is 4.90 Å². The second kappa shape index (κ2) is 8.22. The lowest BCUT2D eigenvalue weighted by Gasteiger charge is -2.37. The zero-order valence-corrected chi connectivity index (χ0v) is 12.8. The number of para-hydroxylation sites is 2. The van der Waals surface area contributed by atoms with Crippen molar-refractivity contribution in [3.63, 3.8) is 0 Å². The molecule has 2 rings (SSSR count). The number of morpholine rings is 1. The molecule has 0 saturated carbocycles. The van der Waals surface area contributed by atoms with Crippen LogP contribution in [0.25, 0.3) is 0 Å². The van der Waals surface area contributed by atoms with Crippen LogP contribution < -0.4 is 9.47 Å². The Labute approximate surface area is 126 Å². The summed E-state index contributed by atoms with van der Waals surface area (Å²) < 4.78 is 16.9. The van der Waals surface area contributed by atoms with Gasteiger partial charge in [0, 0.05) is 19.1 Å². The van der Waals surface area contributed by atoms with Crippen LogP contribution in [0.5, 0.6) is 11.5 Å². The molecule has 1 aromatic rings. The van der Waals surface area contributed by atoms with E-state index < -0.39 is 0 Å². The molecule has 1 fully saturated rings. The number of hydrogen-bond acceptors (Lipinski definition) is 5. The van der Waals surface area contributed by atoms with Crippen molar-refractivity contribution < 1.29 is 19.3 Å². The highest BCUT2D eigenvalue weighted by molar-refractivity contribution is 5.39. The van der Waals surface area contributed by atoms with Crippen molar-refractivity contribution in [3.8, 4) is 11.5 Å². The topological polar surface area (TPSA) is 51.2 Å². The summed E-state index contributed by atoms with van der Waals surface area (Å²) in [5.41, 5.74) is 0. The van der Waals surface area contributed by atoms with Crippen LogP contribution in [0, 0.1) is 0 Å². The minimum atomic E-state index is -0.0862. The van der Waals surface area contributed by atoms with Gasteiger partial charge in [-0.1, -0.05) is 12.1 Å². The second-order valence-electron chi connectivity index (χ2n) is 5.21. The summed E-state index contributed by atoms with van der Waals surface area (Å²) in [4.78, 5) is 2.29. The Kier molecular flexibility index (Phi) is 6.29. The third-order valence-corrected chi connectivity index (χ3v) is 3.62.